The van der Waals surface area contributed by atoms with Crippen molar-refractivity contribution in [3.8, 4) is 6.07 Å². The standard InChI is InChI=1S/C14H10N4O2/c1-2-17-13(16-10-14(17)18(19)20)8-7-11-3-5-12(9-15)6-4-11/h2-8,10H,1H2. The summed E-state index contributed by atoms with van der Waals surface area (Å²) >= 11 is 0. The molecule has 0 saturated heterocycles. The lowest BCUT2D eigenvalue weighted by atomic mass is 10.1. The summed E-state index contributed by atoms with van der Waals surface area (Å²) in [4.78, 5) is 14.2. The Kier molecular flexibility index (Phi) is 3.72. The highest BCUT2D eigenvalue weighted by Crippen LogP contribution is 2.16. The first kappa shape index (κ1) is 13.2. The molecule has 0 saturated carbocycles. The third-order valence-electron chi connectivity index (χ3n) is 2.64. The zero-order valence-electron chi connectivity index (χ0n) is 10.4. The van der Waals surface area contributed by atoms with Gasteiger partial charge in [-0.25, -0.2) is 4.98 Å². The molecule has 0 radical (unpaired) electrons. The van der Waals surface area contributed by atoms with Gasteiger partial charge in [-0.2, -0.15) is 9.83 Å². The van der Waals surface area contributed by atoms with E-state index in [1.807, 2.05) is 6.07 Å². The topological polar surface area (TPSA) is 84.8 Å². The molecule has 2 rings (SSSR count). The van der Waals surface area contributed by atoms with Gasteiger partial charge in [0.2, 0.25) is 5.82 Å². The Bertz CT molecular complexity index is 721. The van der Waals surface area contributed by atoms with Gasteiger partial charge in [0.15, 0.2) is 0 Å². The third kappa shape index (κ3) is 2.62. The van der Waals surface area contributed by atoms with Crippen molar-refractivity contribution in [1.82, 2.24) is 9.55 Å². The lowest BCUT2D eigenvalue weighted by molar-refractivity contribution is -0.390. The summed E-state index contributed by atoms with van der Waals surface area (Å²) in [5.41, 5.74) is 1.44. The Morgan fingerprint density at radius 2 is 2.05 bits per heavy atom. The molecule has 0 amide bonds. The minimum atomic E-state index is -0.520. The minimum absolute atomic E-state index is 0.139. The number of benzene rings is 1. The van der Waals surface area contributed by atoms with Crippen molar-refractivity contribution in [2.45, 2.75) is 0 Å². The van der Waals surface area contributed by atoms with Gasteiger partial charge in [0.25, 0.3) is 0 Å². The fourth-order valence-corrected chi connectivity index (χ4v) is 1.65. The summed E-state index contributed by atoms with van der Waals surface area (Å²) in [5, 5.41) is 19.5. The molecule has 0 spiro atoms. The number of imidazole rings is 1. The second kappa shape index (κ2) is 5.63. The van der Waals surface area contributed by atoms with E-state index in [1.54, 1.807) is 36.4 Å². The number of nitro groups is 1. The van der Waals surface area contributed by atoms with E-state index in [9.17, 15) is 10.1 Å². The van der Waals surface area contributed by atoms with E-state index >= 15 is 0 Å². The van der Waals surface area contributed by atoms with E-state index < -0.39 is 4.92 Å². The second-order valence-electron chi connectivity index (χ2n) is 3.85. The maximum atomic E-state index is 10.8. The Hall–Kier alpha value is -3.20. The lowest BCUT2D eigenvalue weighted by Gasteiger charge is -1.95. The normalized spacial score (nSPS) is 10.3. The van der Waals surface area contributed by atoms with Gasteiger partial charge in [0.05, 0.1) is 17.8 Å². The summed E-state index contributed by atoms with van der Waals surface area (Å²) in [6.07, 6.45) is 5.92. The molecule has 6 nitrogen and oxygen atoms in total. The Morgan fingerprint density at radius 1 is 1.35 bits per heavy atom. The first-order chi connectivity index (χ1) is 9.65. The van der Waals surface area contributed by atoms with Crippen LogP contribution in [-0.2, 0) is 0 Å². The zero-order chi connectivity index (χ0) is 14.5. The van der Waals surface area contributed by atoms with Gasteiger partial charge in [-0.15, -0.1) is 0 Å². The van der Waals surface area contributed by atoms with E-state index in [2.05, 4.69) is 11.6 Å². The van der Waals surface area contributed by atoms with Gasteiger partial charge in [0.1, 0.15) is 6.20 Å². The number of rotatable bonds is 4. The van der Waals surface area contributed by atoms with E-state index in [-0.39, 0.29) is 5.82 Å². The summed E-state index contributed by atoms with van der Waals surface area (Å²) in [6.45, 7) is 3.53. The molecule has 1 aromatic carbocycles. The van der Waals surface area contributed by atoms with E-state index in [1.165, 1.54) is 17.0 Å². The smallest absolute Gasteiger partial charge is 0.347 e. The number of nitrogens with zero attached hydrogens (tertiary/aromatic N) is 4. The molecule has 1 heterocycles. The summed E-state index contributed by atoms with van der Waals surface area (Å²) < 4.78 is 1.29. The molecule has 0 fully saturated rings. The van der Waals surface area contributed by atoms with Crippen LogP contribution < -0.4 is 0 Å². The fourth-order valence-electron chi connectivity index (χ4n) is 1.65. The largest absolute Gasteiger partial charge is 0.358 e. The number of aromatic nitrogens is 2. The van der Waals surface area contributed by atoms with Crippen LogP contribution in [-0.4, -0.2) is 14.5 Å². The summed E-state index contributed by atoms with van der Waals surface area (Å²) in [5.74, 6) is 0.274. The van der Waals surface area contributed by atoms with Gasteiger partial charge in [-0.05, 0) is 28.7 Å². The molecule has 0 bridgehead atoms. The highest BCUT2D eigenvalue weighted by atomic mass is 16.6. The molecule has 0 aliphatic carbocycles. The zero-order valence-corrected chi connectivity index (χ0v) is 10.4. The minimum Gasteiger partial charge on any atom is -0.358 e. The predicted molar refractivity (Wildman–Crippen MR) is 75.4 cm³/mol. The lowest BCUT2D eigenvalue weighted by Crippen LogP contribution is -1.97. The predicted octanol–water partition coefficient (Wildman–Crippen LogP) is 2.93. The van der Waals surface area contributed by atoms with Crippen molar-refractivity contribution < 1.29 is 4.92 Å². The fraction of sp³-hybridized carbons (Fsp3) is 0. The molecular weight excluding hydrogens is 256 g/mol. The molecule has 0 aliphatic heterocycles. The van der Waals surface area contributed by atoms with Crippen molar-refractivity contribution in [2.75, 3.05) is 0 Å². The van der Waals surface area contributed by atoms with Crippen LogP contribution in [0.25, 0.3) is 18.4 Å². The van der Waals surface area contributed by atoms with Crippen molar-refractivity contribution in [3.63, 3.8) is 0 Å². The highest BCUT2D eigenvalue weighted by Gasteiger charge is 2.15. The van der Waals surface area contributed by atoms with Gasteiger partial charge in [0, 0.05) is 6.08 Å². The van der Waals surface area contributed by atoms with Crippen LogP contribution in [0.1, 0.15) is 17.0 Å². The average molecular weight is 266 g/mol. The van der Waals surface area contributed by atoms with Gasteiger partial charge in [-0.1, -0.05) is 18.7 Å². The second-order valence-corrected chi connectivity index (χ2v) is 3.85. The molecule has 20 heavy (non-hydrogen) atoms. The number of hydrogen-bond acceptors (Lipinski definition) is 4. The van der Waals surface area contributed by atoms with Gasteiger partial charge < -0.3 is 10.1 Å². The molecule has 2 aromatic rings. The maximum absolute atomic E-state index is 10.8. The quantitative estimate of drug-likeness (QED) is 0.629. The van der Waals surface area contributed by atoms with Gasteiger partial charge in [-0.3, -0.25) is 0 Å². The molecule has 0 N–H and O–H groups in total. The third-order valence-corrected chi connectivity index (χ3v) is 2.64. The Morgan fingerprint density at radius 3 is 2.60 bits per heavy atom. The van der Waals surface area contributed by atoms with Crippen molar-refractivity contribution in [2.24, 2.45) is 0 Å². The van der Waals surface area contributed by atoms with Crippen LogP contribution >= 0.6 is 0 Å². The molecule has 6 heteroatoms. The Labute approximate surface area is 115 Å². The Balaban J connectivity index is 2.29. The average Bonchev–Trinajstić information content (AvgIpc) is 2.88. The summed E-state index contributed by atoms with van der Waals surface area (Å²) in [6, 6.07) is 8.99. The number of hydrogen-bond donors (Lipinski definition) is 0. The van der Waals surface area contributed by atoms with Gasteiger partial charge >= 0.3 is 5.82 Å². The molecular formula is C14H10N4O2. The van der Waals surface area contributed by atoms with Crippen molar-refractivity contribution >= 4 is 24.2 Å². The molecule has 0 atom stereocenters. The van der Waals surface area contributed by atoms with Crippen LogP contribution in [0.15, 0.2) is 37.0 Å². The monoisotopic (exact) mass is 266 g/mol. The van der Waals surface area contributed by atoms with Crippen LogP contribution in [0.2, 0.25) is 0 Å². The SMILES string of the molecule is C=Cn1c([N+](=O)[O-])cnc1C=Cc1ccc(C#N)cc1. The highest BCUT2D eigenvalue weighted by molar-refractivity contribution is 5.68. The maximum Gasteiger partial charge on any atom is 0.347 e. The van der Waals surface area contributed by atoms with Crippen molar-refractivity contribution in [3.05, 3.63) is 64.1 Å². The van der Waals surface area contributed by atoms with E-state index in [0.29, 0.717) is 11.4 Å². The molecule has 0 aliphatic rings. The molecule has 0 unspecified atom stereocenters. The number of nitriles is 1. The van der Waals surface area contributed by atoms with Crippen molar-refractivity contribution in [1.29, 1.82) is 5.26 Å². The van der Waals surface area contributed by atoms with Crippen LogP contribution in [0.4, 0.5) is 5.82 Å². The summed E-state index contributed by atoms with van der Waals surface area (Å²) in [7, 11) is 0. The molecule has 98 valence electrons. The first-order valence-corrected chi connectivity index (χ1v) is 5.68. The van der Waals surface area contributed by atoms with E-state index in [0.717, 1.165) is 5.56 Å². The molecule has 1 aromatic heterocycles. The van der Waals surface area contributed by atoms with Crippen LogP contribution in [0, 0.1) is 21.4 Å². The van der Waals surface area contributed by atoms with E-state index in [4.69, 9.17) is 5.26 Å². The van der Waals surface area contributed by atoms with Crippen LogP contribution in [0.5, 0.6) is 0 Å². The first-order valence-electron chi connectivity index (χ1n) is 5.68. The van der Waals surface area contributed by atoms with Crippen LogP contribution in [0.3, 0.4) is 0 Å².